The van der Waals surface area contributed by atoms with Gasteiger partial charge in [0.1, 0.15) is 17.2 Å². The lowest BCUT2D eigenvalue weighted by molar-refractivity contribution is 0.277. The summed E-state index contributed by atoms with van der Waals surface area (Å²) in [6.45, 7) is -0.322. The summed E-state index contributed by atoms with van der Waals surface area (Å²) in [5.74, 6) is -0.398. The smallest absolute Gasteiger partial charge is 0.132 e. The number of aliphatic hydroxyl groups is 1. The van der Waals surface area contributed by atoms with Gasteiger partial charge in [0, 0.05) is 10.6 Å². The molecule has 0 bridgehead atoms. The van der Waals surface area contributed by atoms with Crippen LogP contribution in [0.2, 0.25) is 5.02 Å². The molecular weight excluding hydrogens is 293 g/mol. The van der Waals surface area contributed by atoms with Gasteiger partial charge in [-0.15, -0.1) is 5.10 Å². The number of aliphatic hydroxyl groups excluding tert-OH is 1. The molecule has 2 aromatic carbocycles. The SMILES string of the molecule is OCc1nnn(-c2ccc(Cl)cc2)c1-c1ccccc1F. The van der Waals surface area contributed by atoms with Gasteiger partial charge in [0.05, 0.1) is 12.3 Å². The third-order valence-corrected chi connectivity index (χ3v) is 3.34. The third kappa shape index (κ3) is 2.53. The van der Waals surface area contributed by atoms with Gasteiger partial charge in [0.2, 0.25) is 0 Å². The van der Waals surface area contributed by atoms with Crippen LogP contribution in [0.1, 0.15) is 5.69 Å². The lowest BCUT2D eigenvalue weighted by Crippen LogP contribution is -2.01. The van der Waals surface area contributed by atoms with Gasteiger partial charge in [-0.2, -0.15) is 0 Å². The van der Waals surface area contributed by atoms with Gasteiger partial charge in [0.25, 0.3) is 0 Å². The van der Waals surface area contributed by atoms with Crippen molar-refractivity contribution in [3.63, 3.8) is 0 Å². The molecule has 21 heavy (non-hydrogen) atoms. The van der Waals surface area contributed by atoms with Crippen LogP contribution in [0, 0.1) is 5.82 Å². The van der Waals surface area contributed by atoms with Crippen molar-refractivity contribution in [3.8, 4) is 16.9 Å². The molecule has 1 heterocycles. The fraction of sp³-hybridized carbons (Fsp3) is 0.0667. The van der Waals surface area contributed by atoms with E-state index in [1.165, 1.54) is 10.7 Å². The molecular formula is C15H11ClFN3O. The van der Waals surface area contributed by atoms with E-state index in [2.05, 4.69) is 10.3 Å². The van der Waals surface area contributed by atoms with E-state index in [0.717, 1.165) is 0 Å². The molecule has 0 unspecified atom stereocenters. The molecule has 1 N–H and O–H groups in total. The van der Waals surface area contributed by atoms with Gasteiger partial charge >= 0.3 is 0 Å². The molecule has 0 fully saturated rings. The highest BCUT2D eigenvalue weighted by Gasteiger charge is 2.18. The van der Waals surface area contributed by atoms with Gasteiger partial charge in [-0.05, 0) is 36.4 Å². The fourth-order valence-electron chi connectivity index (χ4n) is 2.11. The molecule has 4 nitrogen and oxygen atoms in total. The number of halogens is 2. The van der Waals surface area contributed by atoms with Gasteiger partial charge < -0.3 is 5.11 Å². The lowest BCUT2D eigenvalue weighted by Gasteiger charge is -2.08. The van der Waals surface area contributed by atoms with Gasteiger partial charge in [-0.3, -0.25) is 0 Å². The maximum absolute atomic E-state index is 14.1. The van der Waals surface area contributed by atoms with Crippen molar-refractivity contribution in [2.75, 3.05) is 0 Å². The Hall–Kier alpha value is -2.24. The predicted molar refractivity (Wildman–Crippen MR) is 77.7 cm³/mol. The van der Waals surface area contributed by atoms with Crippen molar-refractivity contribution < 1.29 is 9.50 Å². The van der Waals surface area contributed by atoms with Crippen LogP contribution in [0.3, 0.4) is 0 Å². The molecule has 1 aromatic heterocycles. The highest BCUT2D eigenvalue weighted by molar-refractivity contribution is 6.30. The maximum atomic E-state index is 14.1. The van der Waals surface area contributed by atoms with E-state index in [1.54, 1.807) is 42.5 Å². The first kappa shape index (κ1) is 13.7. The Balaban J connectivity index is 2.22. The van der Waals surface area contributed by atoms with Crippen LogP contribution in [0.4, 0.5) is 4.39 Å². The minimum atomic E-state index is -0.398. The molecule has 0 radical (unpaired) electrons. The van der Waals surface area contributed by atoms with Crippen molar-refractivity contribution in [2.24, 2.45) is 0 Å². The van der Waals surface area contributed by atoms with Crippen LogP contribution >= 0.6 is 11.6 Å². The van der Waals surface area contributed by atoms with E-state index in [4.69, 9.17) is 11.6 Å². The van der Waals surface area contributed by atoms with Crippen LogP contribution in [-0.2, 0) is 6.61 Å². The lowest BCUT2D eigenvalue weighted by atomic mass is 10.1. The van der Waals surface area contributed by atoms with Gasteiger partial charge in [0.15, 0.2) is 0 Å². The summed E-state index contributed by atoms with van der Waals surface area (Å²) in [5.41, 5.74) is 1.76. The molecule has 6 heteroatoms. The molecule has 0 aliphatic carbocycles. The Morgan fingerprint density at radius 3 is 2.48 bits per heavy atom. The first-order valence-electron chi connectivity index (χ1n) is 6.27. The summed E-state index contributed by atoms with van der Waals surface area (Å²) in [7, 11) is 0. The van der Waals surface area contributed by atoms with Crippen molar-refractivity contribution in [1.82, 2.24) is 15.0 Å². The Morgan fingerprint density at radius 1 is 1.10 bits per heavy atom. The molecule has 106 valence electrons. The van der Waals surface area contributed by atoms with Crippen LogP contribution in [-0.4, -0.2) is 20.1 Å². The predicted octanol–water partition coefficient (Wildman–Crippen LogP) is 3.22. The second-order valence-corrected chi connectivity index (χ2v) is 4.85. The van der Waals surface area contributed by atoms with Crippen molar-refractivity contribution in [2.45, 2.75) is 6.61 Å². The molecule has 3 aromatic rings. The normalized spacial score (nSPS) is 10.8. The highest BCUT2D eigenvalue weighted by Crippen LogP contribution is 2.28. The Bertz CT molecular complexity index is 771. The molecule has 0 saturated heterocycles. The number of hydrogen-bond donors (Lipinski definition) is 1. The molecule has 0 aliphatic heterocycles. The molecule has 0 saturated carbocycles. The summed E-state index contributed by atoms with van der Waals surface area (Å²) < 4.78 is 15.5. The zero-order valence-corrected chi connectivity index (χ0v) is 11.6. The Kier molecular flexibility index (Phi) is 3.68. The van der Waals surface area contributed by atoms with E-state index in [-0.39, 0.29) is 6.61 Å². The van der Waals surface area contributed by atoms with Crippen LogP contribution in [0.5, 0.6) is 0 Å². The van der Waals surface area contributed by atoms with E-state index in [0.29, 0.717) is 27.7 Å². The van der Waals surface area contributed by atoms with Crippen molar-refractivity contribution in [1.29, 1.82) is 0 Å². The van der Waals surface area contributed by atoms with E-state index in [1.807, 2.05) is 0 Å². The number of rotatable bonds is 3. The Labute approximate surface area is 125 Å². The third-order valence-electron chi connectivity index (χ3n) is 3.09. The minimum Gasteiger partial charge on any atom is -0.390 e. The molecule has 0 aliphatic rings. The summed E-state index contributed by atoms with van der Waals surface area (Å²) in [6, 6.07) is 13.2. The zero-order chi connectivity index (χ0) is 14.8. The number of aromatic nitrogens is 3. The average molecular weight is 304 g/mol. The second-order valence-electron chi connectivity index (χ2n) is 4.41. The summed E-state index contributed by atoms with van der Waals surface area (Å²) in [6.07, 6.45) is 0. The van der Waals surface area contributed by atoms with E-state index in [9.17, 15) is 9.50 Å². The maximum Gasteiger partial charge on any atom is 0.132 e. The number of hydrogen-bond acceptors (Lipinski definition) is 3. The van der Waals surface area contributed by atoms with Gasteiger partial charge in [-0.1, -0.05) is 28.9 Å². The standard InChI is InChI=1S/C15H11ClFN3O/c16-10-5-7-11(8-6-10)20-15(14(9-21)18-19-20)12-3-1-2-4-13(12)17/h1-8,21H,9H2. The number of nitrogens with zero attached hydrogens (tertiary/aromatic N) is 3. The summed E-state index contributed by atoms with van der Waals surface area (Å²) in [5, 5.41) is 17.9. The van der Waals surface area contributed by atoms with Crippen LogP contribution < -0.4 is 0 Å². The summed E-state index contributed by atoms with van der Waals surface area (Å²) in [4.78, 5) is 0. The van der Waals surface area contributed by atoms with Gasteiger partial charge in [-0.25, -0.2) is 9.07 Å². The molecule has 0 amide bonds. The fourth-order valence-corrected chi connectivity index (χ4v) is 2.23. The zero-order valence-electron chi connectivity index (χ0n) is 10.9. The molecule has 0 spiro atoms. The highest BCUT2D eigenvalue weighted by atomic mass is 35.5. The van der Waals surface area contributed by atoms with E-state index < -0.39 is 5.82 Å². The van der Waals surface area contributed by atoms with E-state index >= 15 is 0 Å². The largest absolute Gasteiger partial charge is 0.390 e. The Morgan fingerprint density at radius 2 is 1.81 bits per heavy atom. The monoisotopic (exact) mass is 303 g/mol. The second kappa shape index (κ2) is 5.63. The van der Waals surface area contributed by atoms with Crippen molar-refractivity contribution >= 4 is 11.6 Å². The summed E-state index contributed by atoms with van der Waals surface area (Å²) >= 11 is 5.87. The number of benzene rings is 2. The van der Waals surface area contributed by atoms with Crippen LogP contribution in [0.25, 0.3) is 16.9 Å². The first-order chi connectivity index (χ1) is 10.2. The first-order valence-corrected chi connectivity index (χ1v) is 6.65. The molecule has 0 atom stereocenters. The molecule has 3 rings (SSSR count). The topological polar surface area (TPSA) is 50.9 Å². The average Bonchev–Trinajstić information content (AvgIpc) is 2.92. The van der Waals surface area contributed by atoms with Crippen molar-refractivity contribution in [3.05, 3.63) is 65.1 Å². The van der Waals surface area contributed by atoms with Crippen LogP contribution in [0.15, 0.2) is 48.5 Å². The quantitative estimate of drug-likeness (QED) is 0.808. The minimum absolute atomic E-state index is 0.315.